The van der Waals surface area contributed by atoms with Crippen molar-refractivity contribution in [3.05, 3.63) is 23.8 Å². The molecule has 2 aliphatic rings. The van der Waals surface area contributed by atoms with E-state index in [-0.39, 0.29) is 12.2 Å². The molecule has 0 aromatic carbocycles. The normalized spacial score (nSPS) is 33.4. The van der Waals surface area contributed by atoms with E-state index in [1.165, 1.54) is 0 Å². The second-order valence-corrected chi connectivity index (χ2v) is 2.76. The van der Waals surface area contributed by atoms with E-state index < -0.39 is 0 Å². The third-order valence-corrected chi connectivity index (χ3v) is 1.97. The van der Waals surface area contributed by atoms with Gasteiger partial charge in [-0.25, -0.2) is 0 Å². The van der Waals surface area contributed by atoms with Crippen LogP contribution in [0, 0.1) is 11.3 Å². The Labute approximate surface area is 70.9 Å². The van der Waals surface area contributed by atoms with E-state index in [4.69, 9.17) is 14.7 Å². The number of ether oxygens (including phenoxy) is 2. The topological polar surface area (TPSA) is 42.2 Å². The van der Waals surface area contributed by atoms with Crippen molar-refractivity contribution in [1.82, 2.24) is 0 Å². The highest BCUT2D eigenvalue weighted by atomic mass is 16.6. The highest BCUT2D eigenvalue weighted by Gasteiger charge is 2.25. The van der Waals surface area contributed by atoms with Crippen LogP contribution in [-0.2, 0) is 9.47 Å². The van der Waals surface area contributed by atoms with Crippen molar-refractivity contribution in [2.24, 2.45) is 0 Å². The van der Waals surface area contributed by atoms with Crippen molar-refractivity contribution in [2.75, 3.05) is 13.2 Å². The van der Waals surface area contributed by atoms with Gasteiger partial charge in [0.2, 0.25) is 0 Å². The van der Waals surface area contributed by atoms with E-state index in [0.29, 0.717) is 18.8 Å². The van der Waals surface area contributed by atoms with Crippen LogP contribution >= 0.6 is 0 Å². The molecule has 3 nitrogen and oxygen atoms in total. The van der Waals surface area contributed by atoms with Gasteiger partial charge in [0.05, 0.1) is 24.9 Å². The van der Waals surface area contributed by atoms with Gasteiger partial charge in [0, 0.05) is 0 Å². The molecule has 1 aliphatic carbocycles. The van der Waals surface area contributed by atoms with E-state index in [2.05, 4.69) is 6.07 Å². The first-order valence-electron chi connectivity index (χ1n) is 3.93. The van der Waals surface area contributed by atoms with Crippen LogP contribution in [0.25, 0.3) is 0 Å². The monoisotopic (exact) mass is 163 g/mol. The van der Waals surface area contributed by atoms with Gasteiger partial charge in [0.1, 0.15) is 12.2 Å². The molecule has 62 valence electrons. The summed E-state index contributed by atoms with van der Waals surface area (Å²) in [5.74, 6) is 0. The average molecular weight is 163 g/mol. The fraction of sp³-hybridized carbons (Fsp3) is 0.444. The lowest BCUT2D eigenvalue weighted by Gasteiger charge is -2.29. The Hall–Kier alpha value is -1.11. The Morgan fingerprint density at radius 1 is 1.33 bits per heavy atom. The second-order valence-electron chi connectivity index (χ2n) is 2.76. The number of rotatable bonds is 0. The molecular formula is C9H9NO2. The molecule has 2 rings (SSSR count). The maximum atomic E-state index is 8.62. The summed E-state index contributed by atoms with van der Waals surface area (Å²) in [6, 6.07) is 2.08. The molecule has 0 aromatic heterocycles. The van der Waals surface area contributed by atoms with Crippen molar-refractivity contribution >= 4 is 0 Å². The summed E-state index contributed by atoms with van der Waals surface area (Å²) in [5, 5.41) is 8.62. The third-order valence-electron chi connectivity index (χ3n) is 1.97. The Morgan fingerprint density at radius 2 is 2.08 bits per heavy atom. The van der Waals surface area contributed by atoms with Gasteiger partial charge in [-0.2, -0.15) is 5.26 Å². The lowest BCUT2D eigenvalue weighted by atomic mass is 10.0. The number of hydrogen-bond donors (Lipinski definition) is 0. The Bertz CT molecular complexity index is 275. The first-order chi connectivity index (χ1) is 5.90. The zero-order valence-electron chi connectivity index (χ0n) is 6.56. The highest BCUT2D eigenvalue weighted by molar-refractivity contribution is 5.38. The third kappa shape index (κ3) is 1.27. The minimum atomic E-state index is -0.0570. The van der Waals surface area contributed by atoms with Crippen molar-refractivity contribution in [2.45, 2.75) is 12.2 Å². The van der Waals surface area contributed by atoms with Crippen LogP contribution in [0.3, 0.4) is 0 Å². The molecule has 2 unspecified atom stereocenters. The summed E-state index contributed by atoms with van der Waals surface area (Å²) in [4.78, 5) is 0. The minimum absolute atomic E-state index is 0.0100. The summed E-state index contributed by atoms with van der Waals surface area (Å²) < 4.78 is 10.8. The highest BCUT2D eigenvalue weighted by Crippen LogP contribution is 2.19. The second kappa shape index (κ2) is 3.10. The molecule has 1 saturated heterocycles. The van der Waals surface area contributed by atoms with Gasteiger partial charge in [0.25, 0.3) is 0 Å². The maximum absolute atomic E-state index is 8.62. The smallest absolute Gasteiger partial charge is 0.107 e. The van der Waals surface area contributed by atoms with Gasteiger partial charge in [-0.05, 0) is 12.2 Å². The molecule has 0 amide bonds. The standard InChI is InChI=1S/C9H9NO2/c10-6-7-1-2-8-9(5-7)12-4-3-11-8/h1-2,5,8-9H,3-4H2. The molecule has 0 saturated carbocycles. The van der Waals surface area contributed by atoms with Gasteiger partial charge >= 0.3 is 0 Å². The SMILES string of the molecule is N#CC1=CC2OCCOC2C=C1. The Balaban J connectivity index is 2.16. The maximum Gasteiger partial charge on any atom is 0.107 e. The zero-order valence-corrected chi connectivity index (χ0v) is 6.56. The van der Waals surface area contributed by atoms with Gasteiger partial charge in [-0.15, -0.1) is 0 Å². The fourth-order valence-corrected chi connectivity index (χ4v) is 1.37. The Morgan fingerprint density at radius 3 is 2.83 bits per heavy atom. The predicted octanol–water partition coefficient (Wildman–Crippen LogP) is 0.790. The summed E-state index contributed by atoms with van der Waals surface area (Å²) in [5.41, 5.74) is 0.654. The number of fused-ring (bicyclic) bond motifs is 1. The molecule has 0 spiro atoms. The van der Waals surface area contributed by atoms with E-state index in [1.807, 2.05) is 12.2 Å². The summed E-state index contributed by atoms with van der Waals surface area (Å²) in [6.45, 7) is 1.26. The number of allylic oxidation sites excluding steroid dienone is 2. The van der Waals surface area contributed by atoms with Crippen LogP contribution in [-0.4, -0.2) is 25.4 Å². The molecular weight excluding hydrogens is 154 g/mol. The predicted molar refractivity (Wildman–Crippen MR) is 42.3 cm³/mol. The lowest BCUT2D eigenvalue weighted by Crippen LogP contribution is -2.37. The summed E-state index contributed by atoms with van der Waals surface area (Å²) >= 11 is 0. The van der Waals surface area contributed by atoms with Gasteiger partial charge in [0.15, 0.2) is 0 Å². The Kier molecular flexibility index (Phi) is 1.94. The van der Waals surface area contributed by atoms with E-state index in [0.717, 1.165) is 0 Å². The molecule has 0 radical (unpaired) electrons. The molecule has 1 aliphatic heterocycles. The number of nitriles is 1. The molecule has 2 atom stereocenters. The van der Waals surface area contributed by atoms with Crippen LogP contribution in [0.4, 0.5) is 0 Å². The summed E-state index contributed by atoms with van der Waals surface area (Å²) in [7, 11) is 0. The quantitative estimate of drug-likeness (QED) is 0.530. The van der Waals surface area contributed by atoms with E-state index >= 15 is 0 Å². The van der Waals surface area contributed by atoms with Gasteiger partial charge in [-0.1, -0.05) is 6.08 Å². The largest absolute Gasteiger partial charge is 0.369 e. The first kappa shape index (κ1) is 7.53. The first-order valence-corrected chi connectivity index (χ1v) is 3.93. The molecule has 0 bridgehead atoms. The van der Waals surface area contributed by atoms with Crippen LogP contribution in [0.1, 0.15) is 0 Å². The molecule has 3 heteroatoms. The van der Waals surface area contributed by atoms with Crippen molar-refractivity contribution < 1.29 is 9.47 Å². The molecule has 1 fully saturated rings. The number of nitrogens with zero attached hydrogens (tertiary/aromatic N) is 1. The lowest BCUT2D eigenvalue weighted by molar-refractivity contribution is -0.102. The van der Waals surface area contributed by atoms with E-state index in [9.17, 15) is 0 Å². The minimum Gasteiger partial charge on any atom is -0.369 e. The number of hydrogen-bond acceptors (Lipinski definition) is 3. The van der Waals surface area contributed by atoms with Crippen LogP contribution in [0.2, 0.25) is 0 Å². The molecule has 0 aromatic rings. The van der Waals surface area contributed by atoms with Crippen molar-refractivity contribution in [3.63, 3.8) is 0 Å². The van der Waals surface area contributed by atoms with Crippen LogP contribution in [0.15, 0.2) is 23.8 Å². The zero-order chi connectivity index (χ0) is 8.39. The van der Waals surface area contributed by atoms with Gasteiger partial charge in [-0.3, -0.25) is 0 Å². The van der Waals surface area contributed by atoms with Crippen LogP contribution in [0.5, 0.6) is 0 Å². The molecule has 1 heterocycles. The molecule has 12 heavy (non-hydrogen) atoms. The van der Waals surface area contributed by atoms with Gasteiger partial charge < -0.3 is 9.47 Å². The van der Waals surface area contributed by atoms with Crippen molar-refractivity contribution in [1.29, 1.82) is 5.26 Å². The van der Waals surface area contributed by atoms with Crippen LogP contribution < -0.4 is 0 Å². The molecule has 0 N–H and O–H groups in total. The fourth-order valence-electron chi connectivity index (χ4n) is 1.37. The average Bonchev–Trinajstić information content (AvgIpc) is 2.17. The summed E-state index contributed by atoms with van der Waals surface area (Å²) in [6.07, 6.45) is 5.41. The van der Waals surface area contributed by atoms with E-state index in [1.54, 1.807) is 6.08 Å². The van der Waals surface area contributed by atoms with Crippen molar-refractivity contribution in [3.8, 4) is 6.07 Å².